The van der Waals surface area contributed by atoms with Crippen LogP contribution in [0.3, 0.4) is 0 Å². The Kier molecular flexibility index (Phi) is 5.39. The second-order valence-corrected chi connectivity index (χ2v) is 9.95. The SMILES string of the molecule is CCS(=O)(=O)c1ccc(CC(=O)Nc2ccc3c(n2)CCC(C)(C)C3=O)cc1. The van der Waals surface area contributed by atoms with Crippen molar-refractivity contribution >= 4 is 27.3 Å². The van der Waals surface area contributed by atoms with E-state index in [1.807, 2.05) is 13.8 Å². The monoisotopic (exact) mass is 400 g/mol. The molecule has 1 heterocycles. The Balaban J connectivity index is 1.68. The maximum Gasteiger partial charge on any atom is 0.229 e. The standard InChI is InChI=1S/C21H24N2O4S/c1-4-28(26,27)15-7-5-14(6-8-15)13-19(24)23-18-10-9-16-17(22-18)11-12-21(2,3)20(16)25/h5-10H,4,11-13H2,1-3H3,(H,22,23,24). The molecule has 0 saturated heterocycles. The maximum atomic E-state index is 12.5. The Hall–Kier alpha value is -2.54. The zero-order valence-corrected chi connectivity index (χ0v) is 17.1. The summed E-state index contributed by atoms with van der Waals surface area (Å²) in [6.07, 6.45) is 1.54. The molecule has 1 aliphatic rings. The molecule has 148 valence electrons. The van der Waals surface area contributed by atoms with Crippen molar-refractivity contribution in [3.8, 4) is 0 Å². The molecule has 0 saturated carbocycles. The first-order valence-corrected chi connectivity index (χ1v) is 10.9. The van der Waals surface area contributed by atoms with E-state index in [0.717, 1.165) is 12.1 Å². The third kappa shape index (κ3) is 4.14. The van der Waals surface area contributed by atoms with Crippen molar-refractivity contribution in [2.75, 3.05) is 11.1 Å². The third-order valence-corrected chi connectivity index (χ3v) is 6.87. The highest BCUT2D eigenvalue weighted by Gasteiger charge is 2.34. The molecule has 0 aliphatic heterocycles. The fourth-order valence-corrected chi connectivity index (χ4v) is 4.12. The van der Waals surface area contributed by atoms with Gasteiger partial charge in [-0.3, -0.25) is 9.59 Å². The summed E-state index contributed by atoms with van der Waals surface area (Å²) >= 11 is 0. The van der Waals surface area contributed by atoms with Crippen LogP contribution >= 0.6 is 0 Å². The fourth-order valence-electron chi connectivity index (χ4n) is 3.23. The maximum absolute atomic E-state index is 12.5. The normalized spacial score (nSPS) is 15.8. The van der Waals surface area contributed by atoms with Gasteiger partial charge in [0.25, 0.3) is 0 Å². The zero-order valence-electron chi connectivity index (χ0n) is 16.3. The van der Waals surface area contributed by atoms with Crippen LogP contribution < -0.4 is 5.32 Å². The van der Waals surface area contributed by atoms with Gasteiger partial charge in [-0.05, 0) is 42.7 Å². The van der Waals surface area contributed by atoms with E-state index in [4.69, 9.17) is 0 Å². The quantitative estimate of drug-likeness (QED) is 0.832. The minimum absolute atomic E-state index is 0.0382. The highest BCUT2D eigenvalue weighted by Crippen LogP contribution is 2.34. The number of Topliss-reactive ketones (excluding diaryl/α,β-unsaturated/α-hetero) is 1. The van der Waals surface area contributed by atoms with Gasteiger partial charge >= 0.3 is 0 Å². The smallest absolute Gasteiger partial charge is 0.229 e. The van der Waals surface area contributed by atoms with Gasteiger partial charge in [-0.25, -0.2) is 13.4 Å². The molecule has 1 aromatic carbocycles. The van der Waals surface area contributed by atoms with Gasteiger partial charge in [-0.2, -0.15) is 0 Å². The third-order valence-electron chi connectivity index (χ3n) is 5.11. The molecular weight excluding hydrogens is 376 g/mol. The molecule has 1 N–H and O–H groups in total. The molecular formula is C21H24N2O4S. The Morgan fingerprint density at radius 3 is 2.46 bits per heavy atom. The van der Waals surface area contributed by atoms with Crippen molar-refractivity contribution in [2.24, 2.45) is 5.41 Å². The molecule has 0 radical (unpaired) electrons. The number of ketones is 1. The molecule has 1 aromatic heterocycles. The van der Waals surface area contributed by atoms with E-state index >= 15 is 0 Å². The minimum atomic E-state index is -3.25. The molecule has 0 unspecified atom stereocenters. The molecule has 0 spiro atoms. The van der Waals surface area contributed by atoms with Crippen LogP contribution in [0.2, 0.25) is 0 Å². The predicted molar refractivity (Wildman–Crippen MR) is 107 cm³/mol. The number of nitrogens with zero attached hydrogens (tertiary/aromatic N) is 1. The van der Waals surface area contributed by atoms with Gasteiger partial charge < -0.3 is 5.32 Å². The lowest BCUT2D eigenvalue weighted by molar-refractivity contribution is -0.115. The van der Waals surface area contributed by atoms with Crippen molar-refractivity contribution in [3.63, 3.8) is 0 Å². The first-order valence-electron chi connectivity index (χ1n) is 9.28. The summed E-state index contributed by atoms with van der Waals surface area (Å²) in [7, 11) is -3.25. The molecule has 6 nitrogen and oxygen atoms in total. The van der Waals surface area contributed by atoms with Crippen molar-refractivity contribution in [1.82, 2.24) is 4.98 Å². The van der Waals surface area contributed by atoms with Crippen LogP contribution in [0.4, 0.5) is 5.82 Å². The van der Waals surface area contributed by atoms with Crippen molar-refractivity contribution < 1.29 is 18.0 Å². The number of hydrogen-bond donors (Lipinski definition) is 1. The predicted octanol–water partition coefficient (Wildman–Crippen LogP) is 3.21. The van der Waals surface area contributed by atoms with Gasteiger partial charge in [0.1, 0.15) is 5.82 Å². The molecule has 3 rings (SSSR count). The molecule has 7 heteroatoms. The van der Waals surface area contributed by atoms with Crippen LogP contribution in [0.25, 0.3) is 0 Å². The van der Waals surface area contributed by atoms with E-state index in [1.165, 1.54) is 12.1 Å². The number of aromatic nitrogens is 1. The number of nitrogens with one attached hydrogen (secondary N) is 1. The average molecular weight is 401 g/mol. The number of amides is 1. The van der Waals surface area contributed by atoms with E-state index in [0.29, 0.717) is 23.4 Å². The Morgan fingerprint density at radius 1 is 1.14 bits per heavy atom. The van der Waals surface area contributed by atoms with Crippen molar-refractivity contribution in [2.45, 2.75) is 44.9 Å². The number of benzene rings is 1. The number of carbonyl (C=O) groups excluding carboxylic acids is 2. The summed E-state index contributed by atoms with van der Waals surface area (Å²) in [5, 5.41) is 2.75. The van der Waals surface area contributed by atoms with Gasteiger partial charge in [0.05, 0.1) is 22.8 Å². The molecule has 0 atom stereocenters. The number of aryl methyl sites for hydroxylation is 1. The number of carbonyl (C=O) groups is 2. The Bertz CT molecular complexity index is 1020. The van der Waals surface area contributed by atoms with E-state index in [-0.39, 0.29) is 34.2 Å². The lowest BCUT2D eigenvalue weighted by atomic mass is 9.75. The molecule has 0 bridgehead atoms. The number of anilines is 1. The Labute approximate surface area is 165 Å². The highest BCUT2D eigenvalue weighted by molar-refractivity contribution is 7.91. The summed E-state index contributed by atoms with van der Waals surface area (Å²) in [6, 6.07) is 9.70. The van der Waals surface area contributed by atoms with Crippen LogP contribution in [-0.2, 0) is 27.5 Å². The average Bonchev–Trinajstić information content (AvgIpc) is 2.65. The first-order chi connectivity index (χ1) is 13.1. The van der Waals surface area contributed by atoms with Crippen LogP contribution in [0.15, 0.2) is 41.3 Å². The second kappa shape index (κ2) is 7.47. The van der Waals surface area contributed by atoms with Gasteiger partial charge in [-0.15, -0.1) is 0 Å². The first kappa shape index (κ1) is 20.2. The number of fused-ring (bicyclic) bond motifs is 1. The minimum Gasteiger partial charge on any atom is -0.310 e. The van der Waals surface area contributed by atoms with Gasteiger partial charge in [-0.1, -0.05) is 32.9 Å². The van der Waals surface area contributed by atoms with Crippen LogP contribution in [0.1, 0.15) is 48.8 Å². The van der Waals surface area contributed by atoms with Crippen LogP contribution in [0.5, 0.6) is 0 Å². The molecule has 28 heavy (non-hydrogen) atoms. The molecule has 0 fully saturated rings. The Morgan fingerprint density at radius 2 is 1.82 bits per heavy atom. The lowest BCUT2D eigenvalue weighted by Gasteiger charge is -2.29. The van der Waals surface area contributed by atoms with E-state index in [2.05, 4.69) is 10.3 Å². The van der Waals surface area contributed by atoms with E-state index in [9.17, 15) is 18.0 Å². The number of sulfone groups is 1. The molecule has 2 aromatic rings. The van der Waals surface area contributed by atoms with Gasteiger partial charge in [0.15, 0.2) is 15.6 Å². The number of pyridine rings is 1. The van der Waals surface area contributed by atoms with Gasteiger partial charge in [0, 0.05) is 11.0 Å². The highest BCUT2D eigenvalue weighted by atomic mass is 32.2. The van der Waals surface area contributed by atoms with Crippen LogP contribution in [-0.4, -0.2) is 30.8 Å². The number of rotatable bonds is 5. The molecule has 1 aliphatic carbocycles. The lowest BCUT2D eigenvalue weighted by Crippen LogP contribution is -2.31. The van der Waals surface area contributed by atoms with Crippen molar-refractivity contribution in [3.05, 3.63) is 53.2 Å². The summed E-state index contributed by atoms with van der Waals surface area (Å²) in [4.78, 5) is 29.5. The van der Waals surface area contributed by atoms with E-state index in [1.54, 1.807) is 31.2 Å². The summed E-state index contributed by atoms with van der Waals surface area (Å²) in [5.74, 6) is 0.292. The van der Waals surface area contributed by atoms with Crippen molar-refractivity contribution in [1.29, 1.82) is 0 Å². The topological polar surface area (TPSA) is 93.2 Å². The summed E-state index contributed by atoms with van der Waals surface area (Å²) in [5.41, 5.74) is 1.68. The van der Waals surface area contributed by atoms with Crippen LogP contribution in [0, 0.1) is 5.41 Å². The molecule has 1 amide bonds. The largest absolute Gasteiger partial charge is 0.310 e. The second-order valence-electron chi connectivity index (χ2n) is 7.68. The summed E-state index contributed by atoms with van der Waals surface area (Å²) < 4.78 is 23.7. The van der Waals surface area contributed by atoms with Gasteiger partial charge in [0.2, 0.25) is 5.91 Å². The summed E-state index contributed by atoms with van der Waals surface area (Å²) in [6.45, 7) is 5.47. The van der Waals surface area contributed by atoms with E-state index < -0.39 is 9.84 Å². The fraction of sp³-hybridized carbons (Fsp3) is 0.381. The number of hydrogen-bond acceptors (Lipinski definition) is 5. The zero-order chi connectivity index (χ0) is 20.5.